The van der Waals surface area contributed by atoms with E-state index >= 15 is 0 Å². The van der Waals surface area contributed by atoms with E-state index in [2.05, 4.69) is 20.4 Å². The normalized spacial score (nSPS) is 11.1. The Bertz CT molecular complexity index is 801. The number of nitrogens with zero attached hydrogens (tertiary/aromatic N) is 2. The van der Waals surface area contributed by atoms with Crippen LogP contribution in [0.4, 0.5) is 13.2 Å². The quantitative estimate of drug-likeness (QED) is 0.379. The van der Waals surface area contributed by atoms with Gasteiger partial charge < -0.3 is 15.4 Å². The highest BCUT2D eigenvalue weighted by Gasteiger charge is 2.31. The van der Waals surface area contributed by atoms with Crippen molar-refractivity contribution in [2.45, 2.75) is 19.5 Å². The van der Waals surface area contributed by atoms with Gasteiger partial charge in [-0.05, 0) is 23.8 Å². The van der Waals surface area contributed by atoms with Crippen LogP contribution in [0.5, 0.6) is 5.75 Å². The molecule has 2 aromatic carbocycles. The van der Waals surface area contributed by atoms with Crippen LogP contribution in [0.3, 0.4) is 0 Å². The number of rotatable bonds is 5. The third-order valence-corrected chi connectivity index (χ3v) is 3.41. The van der Waals surface area contributed by atoms with E-state index in [1.54, 1.807) is 31.3 Å². The van der Waals surface area contributed by atoms with Gasteiger partial charge in [-0.15, -0.1) is 37.1 Å². The minimum Gasteiger partial charge on any atom is -0.405 e. The molecule has 0 amide bonds. The number of nitrogens with one attached hydrogen (secondary N) is 2. The fourth-order valence-electron chi connectivity index (χ4n) is 2.16. The van der Waals surface area contributed by atoms with Gasteiger partial charge in [0.15, 0.2) is 5.96 Å². The molecule has 0 aliphatic heterocycles. The zero-order valence-electron chi connectivity index (χ0n) is 14.4. The van der Waals surface area contributed by atoms with Gasteiger partial charge in [-0.1, -0.05) is 30.3 Å². The van der Waals surface area contributed by atoms with E-state index in [-0.39, 0.29) is 36.3 Å². The maximum atomic E-state index is 12.5. The molecule has 0 bridgehead atoms. The number of alkyl halides is 3. The van der Waals surface area contributed by atoms with E-state index in [9.17, 15) is 13.2 Å². The van der Waals surface area contributed by atoms with Crippen LogP contribution in [0.25, 0.3) is 0 Å². The van der Waals surface area contributed by atoms with Crippen LogP contribution in [0, 0.1) is 11.3 Å². The summed E-state index contributed by atoms with van der Waals surface area (Å²) in [6.07, 6.45) is -4.74. The first kappa shape index (κ1) is 22.6. The van der Waals surface area contributed by atoms with Gasteiger partial charge in [-0.3, -0.25) is 4.99 Å². The SMILES string of the molecule is CN=C(NCc1ccc(C#N)cc1)NCc1ccccc1OC(F)(F)F.I. The lowest BCUT2D eigenvalue weighted by Crippen LogP contribution is -2.36. The molecule has 0 saturated heterocycles. The molecule has 0 saturated carbocycles. The lowest BCUT2D eigenvalue weighted by atomic mass is 10.1. The Morgan fingerprint density at radius 3 is 2.30 bits per heavy atom. The van der Waals surface area contributed by atoms with Gasteiger partial charge in [0.25, 0.3) is 0 Å². The van der Waals surface area contributed by atoms with Crippen molar-refractivity contribution in [2.24, 2.45) is 4.99 Å². The summed E-state index contributed by atoms with van der Waals surface area (Å²) in [5.41, 5.74) is 1.86. The number of halogens is 4. The van der Waals surface area contributed by atoms with Crippen LogP contribution in [0.2, 0.25) is 0 Å². The van der Waals surface area contributed by atoms with Crippen LogP contribution >= 0.6 is 24.0 Å². The second kappa shape index (κ2) is 10.6. The van der Waals surface area contributed by atoms with Crippen molar-refractivity contribution >= 4 is 29.9 Å². The summed E-state index contributed by atoms with van der Waals surface area (Å²) < 4.78 is 41.4. The second-order valence-corrected chi connectivity index (χ2v) is 5.24. The lowest BCUT2D eigenvalue weighted by molar-refractivity contribution is -0.274. The molecule has 0 radical (unpaired) electrons. The molecule has 0 aromatic heterocycles. The molecule has 9 heteroatoms. The number of nitriles is 1. The molecule has 0 fully saturated rings. The van der Waals surface area contributed by atoms with E-state index in [1.165, 1.54) is 12.1 Å². The highest BCUT2D eigenvalue weighted by molar-refractivity contribution is 14.0. The Labute approximate surface area is 172 Å². The third kappa shape index (κ3) is 7.74. The van der Waals surface area contributed by atoms with Gasteiger partial charge >= 0.3 is 6.36 Å². The summed E-state index contributed by atoms with van der Waals surface area (Å²) >= 11 is 0. The summed E-state index contributed by atoms with van der Waals surface area (Å²) in [4.78, 5) is 4.04. The molecule has 0 spiro atoms. The average Bonchev–Trinajstić information content (AvgIpc) is 2.62. The Kier molecular flexibility index (Phi) is 8.87. The number of benzene rings is 2. The summed E-state index contributed by atoms with van der Waals surface area (Å²) in [6.45, 7) is 0.561. The smallest absolute Gasteiger partial charge is 0.405 e. The summed E-state index contributed by atoms with van der Waals surface area (Å²) in [7, 11) is 1.56. The van der Waals surface area contributed by atoms with Crippen molar-refractivity contribution in [2.75, 3.05) is 7.05 Å². The van der Waals surface area contributed by atoms with Crippen molar-refractivity contribution in [3.63, 3.8) is 0 Å². The fourth-order valence-corrected chi connectivity index (χ4v) is 2.16. The van der Waals surface area contributed by atoms with E-state index in [1.807, 2.05) is 18.2 Å². The number of hydrogen-bond acceptors (Lipinski definition) is 3. The molecule has 2 rings (SSSR count). The van der Waals surface area contributed by atoms with Gasteiger partial charge in [0.2, 0.25) is 0 Å². The van der Waals surface area contributed by atoms with Crippen molar-refractivity contribution in [3.8, 4) is 11.8 Å². The number of hydrogen-bond donors (Lipinski definition) is 2. The zero-order valence-corrected chi connectivity index (χ0v) is 16.7. The van der Waals surface area contributed by atoms with Crippen molar-refractivity contribution in [3.05, 3.63) is 65.2 Å². The maximum absolute atomic E-state index is 12.5. The fraction of sp³-hybridized carbons (Fsp3) is 0.222. The first-order chi connectivity index (χ1) is 12.4. The van der Waals surface area contributed by atoms with Gasteiger partial charge in [0.05, 0.1) is 11.6 Å². The first-order valence-electron chi connectivity index (χ1n) is 7.68. The van der Waals surface area contributed by atoms with Gasteiger partial charge in [-0.25, -0.2) is 0 Å². The largest absolute Gasteiger partial charge is 0.573 e. The van der Waals surface area contributed by atoms with E-state index in [0.717, 1.165) is 5.56 Å². The molecule has 27 heavy (non-hydrogen) atoms. The molecule has 0 unspecified atom stereocenters. The third-order valence-electron chi connectivity index (χ3n) is 3.41. The first-order valence-corrected chi connectivity index (χ1v) is 7.68. The zero-order chi connectivity index (χ0) is 19.0. The average molecular weight is 490 g/mol. The van der Waals surface area contributed by atoms with E-state index in [4.69, 9.17) is 5.26 Å². The Morgan fingerprint density at radius 1 is 1.07 bits per heavy atom. The molecule has 0 aliphatic carbocycles. The second-order valence-electron chi connectivity index (χ2n) is 5.24. The maximum Gasteiger partial charge on any atom is 0.573 e. The summed E-state index contributed by atoms with van der Waals surface area (Å²) in [6, 6.07) is 15.0. The number of guanidine groups is 1. The minimum atomic E-state index is -4.74. The molecule has 0 atom stereocenters. The van der Waals surface area contributed by atoms with Gasteiger partial charge in [-0.2, -0.15) is 5.26 Å². The lowest BCUT2D eigenvalue weighted by Gasteiger charge is -2.15. The van der Waals surface area contributed by atoms with Crippen molar-refractivity contribution in [1.29, 1.82) is 5.26 Å². The highest BCUT2D eigenvalue weighted by atomic mass is 127. The molecule has 2 N–H and O–H groups in total. The Morgan fingerprint density at radius 2 is 1.70 bits per heavy atom. The minimum absolute atomic E-state index is 0. The van der Waals surface area contributed by atoms with Gasteiger partial charge in [0, 0.05) is 25.7 Å². The highest BCUT2D eigenvalue weighted by Crippen LogP contribution is 2.26. The van der Waals surface area contributed by atoms with Crippen LogP contribution in [-0.2, 0) is 13.1 Å². The molecule has 0 heterocycles. The van der Waals surface area contributed by atoms with Crippen LogP contribution < -0.4 is 15.4 Å². The van der Waals surface area contributed by atoms with E-state index < -0.39 is 6.36 Å². The molecule has 2 aromatic rings. The van der Waals surface area contributed by atoms with Crippen molar-refractivity contribution < 1.29 is 17.9 Å². The number of para-hydroxylation sites is 1. The van der Waals surface area contributed by atoms with Crippen LogP contribution in [0.15, 0.2) is 53.5 Å². The monoisotopic (exact) mass is 490 g/mol. The Hall–Kier alpha value is -2.48. The Balaban J connectivity index is 0.00000364. The predicted octanol–water partition coefficient (Wildman–Crippen LogP) is 3.94. The molecular formula is C18H18F3IN4O. The van der Waals surface area contributed by atoms with Gasteiger partial charge in [0.1, 0.15) is 5.75 Å². The van der Waals surface area contributed by atoms with Crippen molar-refractivity contribution in [1.82, 2.24) is 10.6 Å². The summed E-state index contributed by atoms with van der Waals surface area (Å²) in [5, 5.41) is 14.8. The molecule has 144 valence electrons. The molecule has 5 nitrogen and oxygen atoms in total. The molecular weight excluding hydrogens is 472 g/mol. The van der Waals surface area contributed by atoms with Crippen LogP contribution in [-0.4, -0.2) is 19.4 Å². The number of aliphatic imine (C=N–C) groups is 1. The molecule has 0 aliphatic rings. The van der Waals surface area contributed by atoms with E-state index in [0.29, 0.717) is 23.6 Å². The topological polar surface area (TPSA) is 69.4 Å². The standard InChI is InChI=1S/C18H17F3N4O.HI/c1-23-17(24-11-14-8-6-13(10-22)7-9-14)25-12-15-4-2-3-5-16(15)26-18(19,20)21;/h2-9H,11-12H2,1H3,(H2,23,24,25);1H. The van der Waals surface area contributed by atoms with Crippen LogP contribution in [0.1, 0.15) is 16.7 Å². The number of ether oxygens (including phenoxy) is 1. The summed E-state index contributed by atoms with van der Waals surface area (Å²) in [5.74, 6) is 0.172. The predicted molar refractivity (Wildman–Crippen MR) is 107 cm³/mol.